The molecule has 2 aromatic rings. The van der Waals surface area contributed by atoms with Gasteiger partial charge in [0.15, 0.2) is 0 Å². The van der Waals surface area contributed by atoms with E-state index in [4.69, 9.17) is 41.9 Å². The lowest BCUT2D eigenvalue weighted by Gasteiger charge is -2.17. The minimum atomic E-state index is -0.617. The summed E-state index contributed by atoms with van der Waals surface area (Å²) >= 11 is 12.7. The number of halogens is 2. The van der Waals surface area contributed by atoms with Crippen LogP contribution in [-0.4, -0.2) is 20.2 Å². The molecule has 0 saturated carbocycles. The number of hydrogen-bond donors (Lipinski definition) is 0. The molecule has 2 aromatic carbocycles. The van der Waals surface area contributed by atoms with Crippen molar-refractivity contribution in [1.29, 1.82) is 0 Å². The van der Waals surface area contributed by atoms with Gasteiger partial charge in [-0.15, -0.1) is 0 Å². The quantitative estimate of drug-likeness (QED) is 0.247. The van der Waals surface area contributed by atoms with Crippen molar-refractivity contribution in [3.63, 3.8) is 0 Å². The second kappa shape index (κ2) is 11.1. The summed E-state index contributed by atoms with van der Waals surface area (Å²) in [6, 6.07) is 8.81. The van der Waals surface area contributed by atoms with Crippen molar-refractivity contribution >= 4 is 38.6 Å². The van der Waals surface area contributed by atoms with E-state index in [1.807, 2.05) is 18.2 Å². The molecule has 0 spiro atoms. The zero-order chi connectivity index (χ0) is 23.2. The number of esters is 1. The van der Waals surface area contributed by atoms with E-state index in [1.54, 1.807) is 53.2 Å². The Hall–Kier alpha value is -1.94. The van der Waals surface area contributed by atoms with Gasteiger partial charge in [0.1, 0.15) is 23.0 Å². The van der Waals surface area contributed by atoms with Gasteiger partial charge < -0.3 is 18.7 Å². The van der Waals surface area contributed by atoms with Crippen LogP contribution in [0.2, 0.25) is 5.02 Å². The van der Waals surface area contributed by atoms with Crippen molar-refractivity contribution < 1.29 is 23.5 Å². The molecule has 0 N–H and O–H groups in total. The van der Waals surface area contributed by atoms with Crippen LogP contribution in [0, 0.1) is 5.41 Å². The maximum absolute atomic E-state index is 12.2. The number of carbonyl (C=O) groups is 1. The monoisotopic (exact) mass is 484 g/mol. The predicted molar refractivity (Wildman–Crippen MR) is 128 cm³/mol. The van der Waals surface area contributed by atoms with Gasteiger partial charge in [-0.25, -0.2) is 0 Å². The molecule has 5 nitrogen and oxygen atoms in total. The number of rotatable bonds is 8. The second-order valence-corrected chi connectivity index (χ2v) is 9.03. The molecule has 0 radical (unpaired) electrons. The van der Waals surface area contributed by atoms with Crippen molar-refractivity contribution in [1.82, 2.24) is 0 Å². The molecule has 0 aromatic heterocycles. The molecule has 8 heteroatoms. The smallest absolute Gasteiger partial charge is 0.316 e. The Morgan fingerprint density at radius 3 is 2.26 bits per heavy atom. The molecule has 0 fully saturated rings. The first-order chi connectivity index (χ1) is 14.6. The molecular weight excluding hydrogens is 458 g/mol. The van der Waals surface area contributed by atoms with Gasteiger partial charge in [-0.1, -0.05) is 29.3 Å². The van der Waals surface area contributed by atoms with E-state index in [0.717, 1.165) is 11.1 Å². The minimum absolute atomic E-state index is 0.329. The lowest BCUT2D eigenvalue weighted by atomic mass is 9.97. The molecular formula is C23H27Cl2O5P. The molecule has 2 rings (SSSR count). The molecule has 1 atom stereocenters. The Kier molecular flexibility index (Phi) is 9.05. The molecule has 0 aliphatic heterocycles. The van der Waals surface area contributed by atoms with E-state index in [2.05, 4.69) is 9.47 Å². The fraction of sp³-hybridized carbons (Fsp3) is 0.348. The number of methoxy groups -OCH3 is 2. The molecule has 0 bridgehead atoms. The van der Waals surface area contributed by atoms with Crippen LogP contribution in [0.15, 0.2) is 41.4 Å². The fourth-order valence-electron chi connectivity index (χ4n) is 2.69. The Morgan fingerprint density at radius 2 is 1.68 bits per heavy atom. The van der Waals surface area contributed by atoms with Gasteiger partial charge in [-0.3, -0.25) is 4.79 Å². The highest BCUT2D eigenvalue weighted by atomic mass is 35.5. The Labute approximate surface area is 195 Å². The number of ether oxygens (including phenoxy) is 3. The minimum Gasteiger partial charge on any atom is -0.496 e. The van der Waals surface area contributed by atoms with Gasteiger partial charge in [-0.2, -0.15) is 0 Å². The maximum Gasteiger partial charge on any atom is 0.316 e. The first kappa shape index (κ1) is 25.3. The fourth-order valence-corrected chi connectivity index (χ4v) is 3.29. The summed E-state index contributed by atoms with van der Waals surface area (Å²) in [5.41, 5.74) is 1.12. The summed E-state index contributed by atoms with van der Waals surface area (Å²) < 4.78 is 21.5. The lowest BCUT2D eigenvalue weighted by Crippen LogP contribution is -2.25. The summed E-state index contributed by atoms with van der Waals surface area (Å²) in [7, 11) is 5.33. The van der Waals surface area contributed by atoms with Crippen LogP contribution in [0.25, 0.3) is 0 Å². The summed E-state index contributed by atoms with van der Waals surface area (Å²) in [5, 5.41) is 1.09. The highest BCUT2D eigenvalue weighted by Gasteiger charge is 2.24. The van der Waals surface area contributed by atoms with Crippen LogP contribution in [-0.2, 0) is 17.6 Å². The van der Waals surface area contributed by atoms with E-state index < -0.39 is 5.41 Å². The first-order valence-corrected chi connectivity index (χ1v) is 10.8. The van der Waals surface area contributed by atoms with E-state index >= 15 is 0 Å². The van der Waals surface area contributed by atoms with Gasteiger partial charge in [0.05, 0.1) is 34.1 Å². The SMILES string of the molecule is COc1cc(C/C=C(/Cl)Cc2cc(OP)cc(OC(=O)C(C)(C)C)c2)c(OC)cc1Cl. The summed E-state index contributed by atoms with van der Waals surface area (Å²) in [5.74, 6) is 1.85. The standard InChI is InChI=1S/C23H27Cl2O5P/c1-23(2,3)22(26)29-17-9-14(10-18(12-17)30-31)8-16(24)7-6-15-11-21(28-5)19(25)13-20(15)27-4/h7,9-13H,6,8,31H2,1-5H3/b16-7+. The summed E-state index contributed by atoms with van der Waals surface area (Å²) in [6.45, 7) is 5.39. The Balaban J connectivity index is 2.21. The number of carbonyl (C=O) groups excluding carboxylic acids is 1. The third-order valence-corrected chi connectivity index (χ3v) is 5.23. The number of allylic oxidation sites excluding steroid dienone is 2. The van der Waals surface area contributed by atoms with Crippen molar-refractivity contribution in [2.24, 2.45) is 5.41 Å². The highest BCUT2D eigenvalue weighted by molar-refractivity contribution is 7.10. The third-order valence-electron chi connectivity index (χ3n) is 4.37. The van der Waals surface area contributed by atoms with Crippen molar-refractivity contribution in [2.75, 3.05) is 14.2 Å². The largest absolute Gasteiger partial charge is 0.496 e. The molecule has 1 unspecified atom stereocenters. The zero-order valence-electron chi connectivity index (χ0n) is 18.3. The normalized spacial score (nSPS) is 11.8. The Bertz CT molecular complexity index is 967. The van der Waals surface area contributed by atoms with Crippen LogP contribution in [0.1, 0.15) is 31.9 Å². The van der Waals surface area contributed by atoms with Crippen LogP contribution in [0.4, 0.5) is 0 Å². The van der Waals surface area contributed by atoms with Gasteiger partial charge in [0.2, 0.25) is 0 Å². The average Bonchev–Trinajstić information content (AvgIpc) is 2.71. The van der Waals surface area contributed by atoms with Crippen LogP contribution in [0.3, 0.4) is 0 Å². The molecule has 0 saturated heterocycles. The van der Waals surface area contributed by atoms with Crippen molar-refractivity contribution in [3.05, 3.63) is 57.6 Å². The topological polar surface area (TPSA) is 54.0 Å². The zero-order valence-corrected chi connectivity index (χ0v) is 20.9. The number of hydrogen-bond acceptors (Lipinski definition) is 5. The second-order valence-electron chi connectivity index (χ2n) is 7.90. The number of benzene rings is 2. The summed E-state index contributed by atoms with van der Waals surface area (Å²) in [6.07, 6.45) is 2.86. The molecule has 168 valence electrons. The van der Waals surface area contributed by atoms with E-state index in [0.29, 0.717) is 45.9 Å². The first-order valence-electron chi connectivity index (χ1n) is 9.55. The molecule has 0 amide bonds. The van der Waals surface area contributed by atoms with Crippen molar-refractivity contribution in [3.8, 4) is 23.0 Å². The third kappa shape index (κ3) is 7.31. The van der Waals surface area contributed by atoms with Gasteiger partial charge in [-0.05, 0) is 51.0 Å². The molecule has 31 heavy (non-hydrogen) atoms. The van der Waals surface area contributed by atoms with Crippen LogP contribution in [0.5, 0.6) is 23.0 Å². The molecule has 0 aliphatic rings. The van der Waals surface area contributed by atoms with Crippen molar-refractivity contribution in [2.45, 2.75) is 33.6 Å². The van der Waals surface area contributed by atoms with Gasteiger partial charge >= 0.3 is 5.97 Å². The highest BCUT2D eigenvalue weighted by Crippen LogP contribution is 2.33. The van der Waals surface area contributed by atoms with Gasteiger partial charge in [0.25, 0.3) is 0 Å². The van der Waals surface area contributed by atoms with Crippen LogP contribution >= 0.6 is 32.7 Å². The predicted octanol–water partition coefficient (Wildman–Crippen LogP) is 6.39. The van der Waals surface area contributed by atoms with E-state index in [9.17, 15) is 4.79 Å². The Morgan fingerprint density at radius 1 is 1.03 bits per heavy atom. The van der Waals surface area contributed by atoms with E-state index in [1.165, 1.54) is 0 Å². The van der Waals surface area contributed by atoms with E-state index in [-0.39, 0.29) is 5.97 Å². The van der Waals surface area contributed by atoms with Crippen LogP contribution < -0.4 is 18.7 Å². The summed E-state index contributed by atoms with van der Waals surface area (Å²) in [4.78, 5) is 12.2. The average molecular weight is 485 g/mol. The lowest BCUT2D eigenvalue weighted by molar-refractivity contribution is -0.142. The van der Waals surface area contributed by atoms with Gasteiger partial charge in [0, 0.05) is 29.1 Å². The molecule has 0 aliphatic carbocycles. The maximum atomic E-state index is 12.2. The molecule has 0 heterocycles.